The van der Waals surface area contributed by atoms with Gasteiger partial charge in [0, 0.05) is 0 Å². The molecule has 0 spiro atoms. The van der Waals surface area contributed by atoms with Gasteiger partial charge >= 0.3 is 134 Å². The second kappa shape index (κ2) is 6.48. The first-order chi connectivity index (χ1) is 10.3. The molecule has 0 atom stereocenters. The number of benzene rings is 3. The molecule has 0 unspecified atom stereocenters. The fraction of sp³-hybridized carbons (Fsp3) is 0.100. The number of hydrogen-bond acceptors (Lipinski definition) is 0. The maximum absolute atomic E-state index is 2.37. The molecule has 3 aromatic carbocycles. The van der Waals surface area contributed by atoms with Crippen molar-refractivity contribution < 1.29 is 0 Å². The van der Waals surface area contributed by atoms with E-state index in [2.05, 4.69) is 92.7 Å². The van der Waals surface area contributed by atoms with Crippen molar-refractivity contribution in [2.45, 2.75) is 13.8 Å². The van der Waals surface area contributed by atoms with Crippen molar-refractivity contribution in [1.82, 2.24) is 0 Å². The van der Waals surface area contributed by atoms with Gasteiger partial charge in [0.15, 0.2) is 0 Å². The van der Waals surface area contributed by atoms with Crippen LogP contribution in [0.25, 0.3) is 0 Å². The van der Waals surface area contributed by atoms with E-state index >= 15 is 0 Å². The predicted molar refractivity (Wildman–Crippen MR) is 94.9 cm³/mol. The molecular weight excluding hydrogens is 359 g/mol. The van der Waals surface area contributed by atoms with Gasteiger partial charge < -0.3 is 0 Å². The standard InChI is InChI=1S/C8H9.2C6H5.Sn.H/c1-7-4-3-5-8(2)6-7;2*1-2-4-6-5-3-1;;/h3-4,6H,1-2H3;2*1-5H;;. The van der Waals surface area contributed by atoms with Gasteiger partial charge in [-0.15, -0.1) is 0 Å². The molecule has 0 saturated heterocycles. The summed E-state index contributed by atoms with van der Waals surface area (Å²) >= 11 is -2.22. The Labute approximate surface area is 134 Å². The van der Waals surface area contributed by atoms with Crippen LogP contribution >= 0.6 is 0 Å². The number of hydrogen-bond donors (Lipinski definition) is 0. The molecule has 0 heterocycles. The summed E-state index contributed by atoms with van der Waals surface area (Å²) in [5, 5.41) is 0. The van der Waals surface area contributed by atoms with Crippen LogP contribution in [0.1, 0.15) is 11.1 Å². The second-order valence-electron chi connectivity index (χ2n) is 5.61. The monoisotopic (exact) mass is 380 g/mol. The maximum atomic E-state index is 2.37. The van der Waals surface area contributed by atoms with E-state index in [1.54, 1.807) is 10.7 Å². The Morgan fingerprint density at radius 2 is 1.14 bits per heavy atom. The third-order valence-corrected chi connectivity index (χ3v) is 13.6. The average molecular weight is 379 g/mol. The Morgan fingerprint density at radius 1 is 0.619 bits per heavy atom. The summed E-state index contributed by atoms with van der Waals surface area (Å²) in [5.74, 6) is 0. The van der Waals surface area contributed by atoms with Gasteiger partial charge in [-0.2, -0.15) is 0 Å². The van der Waals surface area contributed by atoms with E-state index in [0.717, 1.165) is 0 Å². The summed E-state index contributed by atoms with van der Waals surface area (Å²) in [6, 6.07) is 29.1. The van der Waals surface area contributed by atoms with Crippen LogP contribution in [0.5, 0.6) is 0 Å². The SMILES string of the molecule is Cc1cc[c]([SnH]([c]2ccccc2)[c]2ccccc2)c(C)c1. The molecule has 3 aromatic rings. The molecule has 0 nitrogen and oxygen atoms in total. The first-order valence-corrected chi connectivity index (χ1v) is 12.4. The van der Waals surface area contributed by atoms with Crippen molar-refractivity contribution in [3.05, 3.63) is 90.0 Å². The van der Waals surface area contributed by atoms with Crippen LogP contribution in [0, 0.1) is 13.8 Å². The van der Waals surface area contributed by atoms with E-state index in [0.29, 0.717) is 0 Å². The molecule has 3 rings (SSSR count). The van der Waals surface area contributed by atoms with Gasteiger partial charge in [0.05, 0.1) is 0 Å². The quantitative estimate of drug-likeness (QED) is 0.614. The first-order valence-electron chi connectivity index (χ1n) is 7.43. The fourth-order valence-corrected chi connectivity index (χ4v) is 12.0. The summed E-state index contributed by atoms with van der Waals surface area (Å²) in [6.07, 6.45) is 0. The Morgan fingerprint density at radius 3 is 1.62 bits per heavy atom. The molecule has 0 fully saturated rings. The normalized spacial score (nSPS) is 10.8. The van der Waals surface area contributed by atoms with Crippen molar-refractivity contribution in [2.75, 3.05) is 0 Å². The van der Waals surface area contributed by atoms with Crippen molar-refractivity contribution in [2.24, 2.45) is 0 Å². The van der Waals surface area contributed by atoms with E-state index in [9.17, 15) is 0 Å². The van der Waals surface area contributed by atoms with E-state index in [1.165, 1.54) is 11.1 Å². The zero-order valence-electron chi connectivity index (χ0n) is 12.6. The van der Waals surface area contributed by atoms with Crippen LogP contribution in [0.2, 0.25) is 0 Å². The van der Waals surface area contributed by atoms with Crippen molar-refractivity contribution in [3.63, 3.8) is 0 Å². The molecule has 104 valence electrons. The molecule has 21 heavy (non-hydrogen) atoms. The van der Waals surface area contributed by atoms with Gasteiger partial charge in [-0.1, -0.05) is 0 Å². The zero-order chi connectivity index (χ0) is 14.7. The van der Waals surface area contributed by atoms with Crippen molar-refractivity contribution in [1.29, 1.82) is 0 Å². The zero-order valence-corrected chi connectivity index (χ0v) is 15.9. The van der Waals surface area contributed by atoms with Crippen LogP contribution in [0.15, 0.2) is 78.9 Å². The summed E-state index contributed by atoms with van der Waals surface area (Å²) in [5.41, 5.74) is 2.80. The van der Waals surface area contributed by atoms with Gasteiger partial charge in [-0.3, -0.25) is 0 Å². The number of aryl methyl sites for hydroxylation is 2. The molecule has 0 N–H and O–H groups in total. The molecular formula is C20H20Sn. The van der Waals surface area contributed by atoms with E-state index < -0.39 is 19.8 Å². The Hall–Kier alpha value is -1.54. The minimum absolute atomic E-state index is 1.35. The van der Waals surface area contributed by atoms with E-state index in [4.69, 9.17) is 0 Å². The minimum atomic E-state index is -2.22. The Kier molecular flexibility index (Phi) is 4.45. The van der Waals surface area contributed by atoms with Gasteiger partial charge in [-0.05, 0) is 0 Å². The molecule has 0 aliphatic heterocycles. The molecule has 0 saturated carbocycles. The van der Waals surface area contributed by atoms with Gasteiger partial charge in [0.25, 0.3) is 0 Å². The molecule has 0 amide bonds. The second-order valence-corrected chi connectivity index (χ2v) is 13.7. The van der Waals surface area contributed by atoms with Gasteiger partial charge in [0.1, 0.15) is 0 Å². The summed E-state index contributed by atoms with van der Waals surface area (Å²) in [4.78, 5) is 0. The molecule has 0 radical (unpaired) electrons. The van der Waals surface area contributed by atoms with Crippen LogP contribution in [0.4, 0.5) is 0 Å². The van der Waals surface area contributed by atoms with Gasteiger partial charge in [-0.25, -0.2) is 0 Å². The molecule has 0 bridgehead atoms. The third-order valence-electron chi connectivity index (χ3n) is 4.00. The fourth-order valence-electron chi connectivity index (χ4n) is 2.99. The van der Waals surface area contributed by atoms with Gasteiger partial charge in [0.2, 0.25) is 0 Å². The summed E-state index contributed by atoms with van der Waals surface area (Å²) < 4.78 is 4.70. The Bertz CT molecular complexity index is 678. The topological polar surface area (TPSA) is 0 Å². The average Bonchev–Trinajstić information content (AvgIpc) is 2.52. The van der Waals surface area contributed by atoms with E-state index in [-0.39, 0.29) is 0 Å². The first kappa shape index (κ1) is 14.4. The molecule has 1 heteroatoms. The summed E-state index contributed by atoms with van der Waals surface area (Å²) in [6.45, 7) is 4.43. The summed E-state index contributed by atoms with van der Waals surface area (Å²) in [7, 11) is 0. The molecule has 0 aliphatic rings. The van der Waals surface area contributed by atoms with Crippen molar-refractivity contribution >= 4 is 30.5 Å². The van der Waals surface area contributed by atoms with Crippen molar-refractivity contribution in [3.8, 4) is 0 Å². The molecule has 0 aromatic heterocycles. The van der Waals surface area contributed by atoms with Crippen LogP contribution in [0.3, 0.4) is 0 Å². The van der Waals surface area contributed by atoms with Crippen LogP contribution in [-0.2, 0) is 0 Å². The van der Waals surface area contributed by atoms with Crippen LogP contribution < -0.4 is 10.7 Å². The van der Waals surface area contributed by atoms with Crippen LogP contribution in [-0.4, -0.2) is 19.8 Å². The third kappa shape index (κ3) is 3.21. The predicted octanol–water partition coefficient (Wildman–Crippen LogP) is 2.55. The molecule has 0 aliphatic carbocycles. The Balaban J connectivity index is 2.17. The van der Waals surface area contributed by atoms with E-state index in [1.807, 2.05) is 0 Å². The number of rotatable bonds is 3.